The van der Waals surface area contributed by atoms with Crippen LogP contribution in [0.15, 0.2) is 60.0 Å². The summed E-state index contributed by atoms with van der Waals surface area (Å²) in [6.45, 7) is 1.37. The molecule has 9 heteroatoms. The fourth-order valence-corrected chi connectivity index (χ4v) is 4.02. The highest BCUT2D eigenvalue weighted by Gasteiger charge is 2.23. The third-order valence-electron chi connectivity index (χ3n) is 4.55. The lowest BCUT2D eigenvalue weighted by Crippen LogP contribution is -2.21. The highest BCUT2D eigenvalue weighted by molar-refractivity contribution is 7.15. The number of amides is 1. The molecule has 3 aromatic rings. The van der Waals surface area contributed by atoms with Crippen LogP contribution in [0, 0.1) is 0 Å². The van der Waals surface area contributed by atoms with Gasteiger partial charge in [0, 0.05) is 22.0 Å². The molecule has 0 aliphatic heterocycles. The highest BCUT2D eigenvalue weighted by Crippen LogP contribution is 2.36. The largest absolute Gasteiger partial charge is 0.497 e. The number of halogens is 1. The summed E-state index contributed by atoms with van der Waals surface area (Å²) in [5.41, 5.74) is 2.36. The van der Waals surface area contributed by atoms with Crippen LogP contribution in [0.5, 0.6) is 5.75 Å². The third kappa shape index (κ3) is 6.69. The van der Waals surface area contributed by atoms with Gasteiger partial charge in [0.15, 0.2) is 6.61 Å². The molecule has 2 aromatic carbocycles. The minimum Gasteiger partial charge on any atom is -0.497 e. The van der Waals surface area contributed by atoms with Crippen LogP contribution in [0.4, 0.5) is 5.00 Å². The van der Waals surface area contributed by atoms with Gasteiger partial charge in [0.1, 0.15) is 16.3 Å². The maximum atomic E-state index is 12.6. The summed E-state index contributed by atoms with van der Waals surface area (Å²) in [4.78, 5) is 37.0. The Kier molecular flexibility index (Phi) is 8.84. The number of rotatable bonds is 9. The number of nitrogens with one attached hydrogen (secondary N) is 1. The van der Waals surface area contributed by atoms with E-state index in [0.717, 1.165) is 11.1 Å². The van der Waals surface area contributed by atoms with Crippen molar-refractivity contribution >= 4 is 51.9 Å². The zero-order valence-electron chi connectivity index (χ0n) is 18.5. The third-order valence-corrected chi connectivity index (χ3v) is 5.70. The predicted molar refractivity (Wildman–Crippen MR) is 132 cm³/mol. The highest BCUT2D eigenvalue weighted by atomic mass is 35.5. The van der Waals surface area contributed by atoms with Crippen molar-refractivity contribution in [1.82, 2.24) is 0 Å². The van der Waals surface area contributed by atoms with Gasteiger partial charge in [-0.3, -0.25) is 4.79 Å². The second-order valence-electron chi connectivity index (χ2n) is 6.84. The number of anilines is 1. The first-order valence-corrected chi connectivity index (χ1v) is 11.5. The molecule has 1 aromatic heterocycles. The van der Waals surface area contributed by atoms with E-state index >= 15 is 0 Å². The molecule has 0 bridgehead atoms. The first kappa shape index (κ1) is 25.0. The summed E-state index contributed by atoms with van der Waals surface area (Å²) in [7, 11) is 1.57. The SMILES string of the molecule is CCOC(=O)c1c(-c2ccc(Cl)cc2)csc1NC(=O)COC(=O)C=Cc1ccc(OC)cc1. The summed E-state index contributed by atoms with van der Waals surface area (Å²) < 4.78 is 15.3. The molecule has 0 spiro atoms. The van der Waals surface area contributed by atoms with Crippen LogP contribution < -0.4 is 10.1 Å². The quantitative estimate of drug-likeness (QED) is 0.311. The van der Waals surface area contributed by atoms with Crippen LogP contribution in [0.2, 0.25) is 5.02 Å². The molecule has 7 nitrogen and oxygen atoms in total. The van der Waals surface area contributed by atoms with Crippen LogP contribution in [-0.4, -0.2) is 38.2 Å². The van der Waals surface area contributed by atoms with Crippen molar-refractivity contribution in [2.24, 2.45) is 0 Å². The number of ether oxygens (including phenoxy) is 3. The summed E-state index contributed by atoms with van der Waals surface area (Å²) in [6.07, 6.45) is 2.79. The summed E-state index contributed by atoms with van der Waals surface area (Å²) in [5.74, 6) is -1.12. The topological polar surface area (TPSA) is 90.9 Å². The number of carbonyl (C=O) groups excluding carboxylic acids is 3. The van der Waals surface area contributed by atoms with Crippen molar-refractivity contribution in [2.45, 2.75) is 6.92 Å². The van der Waals surface area contributed by atoms with E-state index in [1.165, 1.54) is 17.4 Å². The molecule has 0 unspecified atom stereocenters. The zero-order chi connectivity index (χ0) is 24.5. The number of benzene rings is 2. The molecular weight excluding hydrogens is 478 g/mol. The Labute approximate surface area is 205 Å². The molecule has 34 heavy (non-hydrogen) atoms. The van der Waals surface area contributed by atoms with Crippen LogP contribution in [0.3, 0.4) is 0 Å². The molecule has 1 amide bonds. The van der Waals surface area contributed by atoms with Crippen LogP contribution in [-0.2, 0) is 19.1 Å². The van der Waals surface area contributed by atoms with Crippen molar-refractivity contribution in [3.63, 3.8) is 0 Å². The van der Waals surface area contributed by atoms with Crippen molar-refractivity contribution in [1.29, 1.82) is 0 Å². The number of hydrogen-bond donors (Lipinski definition) is 1. The van der Waals surface area contributed by atoms with Gasteiger partial charge in [0.2, 0.25) is 0 Å². The van der Waals surface area contributed by atoms with Gasteiger partial charge in [-0.25, -0.2) is 9.59 Å². The molecule has 176 valence electrons. The number of thiophene rings is 1. The Hall–Kier alpha value is -3.62. The maximum Gasteiger partial charge on any atom is 0.341 e. The molecule has 3 rings (SSSR count). The second-order valence-corrected chi connectivity index (χ2v) is 8.16. The van der Waals surface area contributed by atoms with E-state index in [2.05, 4.69) is 5.32 Å². The Bertz CT molecular complexity index is 1190. The average Bonchev–Trinajstić information content (AvgIpc) is 3.25. The Balaban J connectivity index is 1.65. The number of esters is 2. The van der Waals surface area contributed by atoms with Crippen molar-refractivity contribution in [2.75, 3.05) is 25.6 Å². The molecular formula is C25H22ClNO6S. The minimum atomic E-state index is -0.676. The molecule has 0 saturated carbocycles. The molecule has 0 saturated heterocycles. The minimum absolute atomic E-state index is 0.181. The molecule has 0 radical (unpaired) electrons. The van der Waals surface area contributed by atoms with Crippen molar-refractivity contribution in [3.05, 3.63) is 76.1 Å². The van der Waals surface area contributed by atoms with Gasteiger partial charge in [0.05, 0.1) is 13.7 Å². The average molecular weight is 500 g/mol. The molecule has 0 fully saturated rings. The monoisotopic (exact) mass is 499 g/mol. The summed E-state index contributed by atoms with van der Waals surface area (Å²) >= 11 is 7.13. The van der Waals surface area contributed by atoms with E-state index in [4.69, 9.17) is 25.8 Å². The first-order chi connectivity index (χ1) is 16.4. The number of carbonyl (C=O) groups is 3. The fourth-order valence-electron chi connectivity index (χ4n) is 2.92. The number of methoxy groups -OCH3 is 1. The maximum absolute atomic E-state index is 12.6. The lowest BCUT2D eigenvalue weighted by atomic mass is 10.0. The van der Waals surface area contributed by atoms with Gasteiger partial charge in [-0.15, -0.1) is 11.3 Å². The molecule has 0 atom stereocenters. The van der Waals surface area contributed by atoms with Crippen LogP contribution in [0.1, 0.15) is 22.8 Å². The van der Waals surface area contributed by atoms with Gasteiger partial charge in [-0.05, 0) is 48.4 Å². The molecule has 1 heterocycles. The van der Waals surface area contributed by atoms with Gasteiger partial charge >= 0.3 is 11.9 Å². The standard InChI is InChI=1S/C25H22ClNO6S/c1-3-32-25(30)23-20(17-7-9-18(26)10-8-17)15-34-24(23)27-21(28)14-33-22(29)13-6-16-4-11-19(31-2)12-5-16/h4-13,15H,3,14H2,1-2H3,(H,27,28). The molecule has 0 aliphatic rings. The van der Waals surface area contributed by atoms with Crippen molar-refractivity contribution < 1.29 is 28.6 Å². The number of hydrogen-bond acceptors (Lipinski definition) is 7. The Morgan fingerprint density at radius 3 is 2.38 bits per heavy atom. The second kappa shape index (κ2) is 12.0. The summed E-state index contributed by atoms with van der Waals surface area (Å²) in [5, 5.41) is 5.24. The lowest BCUT2D eigenvalue weighted by molar-refractivity contribution is -0.142. The van der Waals surface area contributed by atoms with Gasteiger partial charge in [0.25, 0.3) is 5.91 Å². The normalized spacial score (nSPS) is 10.7. The molecule has 1 N–H and O–H groups in total. The van der Waals surface area contributed by atoms with Crippen LogP contribution in [0.25, 0.3) is 17.2 Å². The molecule has 0 aliphatic carbocycles. The predicted octanol–water partition coefficient (Wildman–Crippen LogP) is 5.45. The lowest BCUT2D eigenvalue weighted by Gasteiger charge is -2.09. The van der Waals surface area contributed by atoms with Gasteiger partial charge < -0.3 is 19.5 Å². The summed E-state index contributed by atoms with van der Waals surface area (Å²) in [6, 6.07) is 14.0. The van der Waals surface area contributed by atoms with Gasteiger partial charge in [-0.1, -0.05) is 35.9 Å². The Morgan fingerprint density at radius 1 is 1.03 bits per heavy atom. The zero-order valence-corrected chi connectivity index (χ0v) is 20.1. The van der Waals surface area contributed by atoms with E-state index in [1.807, 2.05) is 0 Å². The van der Waals surface area contributed by atoms with E-state index in [-0.39, 0.29) is 12.2 Å². The van der Waals surface area contributed by atoms with E-state index in [0.29, 0.717) is 21.3 Å². The van der Waals surface area contributed by atoms with Crippen LogP contribution >= 0.6 is 22.9 Å². The van der Waals surface area contributed by atoms with Crippen molar-refractivity contribution in [3.8, 4) is 16.9 Å². The van der Waals surface area contributed by atoms with Gasteiger partial charge in [-0.2, -0.15) is 0 Å². The van der Waals surface area contributed by atoms with E-state index in [1.54, 1.807) is 74.0 Å². The first-order valence-electron chi connectivity index (χ1n) is 10.2. The Morgan fingerprint density at radius 2 is 1.74 bits per heavy atom. The fraction of sp³-hybridized carbons (Fsp3) is 0.160. The van der Waals surface area contributed by atoms with E-state index < -0.39 is 24.5 Å². The smallest absolute Gasteiger partial charge is 0.341 e. The van der Waals surface area contributed by atoms with E-state index in [9.17, 15) is 14.4 Å².